The topological polar surface area (TPSA) is 81.2 Å². The highest BCUT2D eigenvalue weighted by molar-refractivity contribution is 6.35. The highest BCUT2D eigenvalue weighted by Gasteiger charge is 2.46. The monoisotopic (exact) mass is 476 g/mol. The third kappa shape index (κ3) is 3.30. The minimum absolute atomic E-state index is 0.216. The van der Waals surface area contributed by atoms with Crippen LogP contribution in [0.15, 0.2) is 41.2 Å². The molecule has 2 fully saturated rings. The molecule has 34 heavy (non-hydrogen) atoms. The summed E-state index contributed by atoms with van der Waals surface area (Å²) in [7, 11) is 0. The molecule has 3 heterocycles. The van der Waals surface area contributed by atoms with Crippen LogP contribution in [0.2, 0.25) is 5.02 Å². The van der Waals surface area contributed by atoms with Gasteiger partial charge in [0, 0.05) is 0 Å². The van der Waals surface area contributed by atoms with Crippen molar-refractivity contribution in [2.45, 2.75) is 56.3 Å². The molecule has 6 rings (SSSR count). The van der Waals surface area contributed by atoms with E-state index in [1.165, 1.54) is 17.5 Å². The molecule has 0 atom stereocenters. The molecule has 7 heteroatoms. The largest absolute Gasteiger partial charge is 0.369 e. The second kappa shape index (κ2) is 8.21. The molecule has 1 saturated carbocycles. The Labute approximate surface area is 203 Å². The van der Waals surface area contributed by atoms with E-state index in [9.17, 15) is 9.59 Å². The summed E-state index contributed by atoms with van der Waals surface area (Å²) in [4.78, 5) is 31.3. The number of fused-ring (bicyclic) bond motifs is 7. The molecule has 176 valence electrons. The Morgan fingerprint density at radius 2 is 1.88 bits per heavy atom. The zero-order chi connectivity index (χ0) is 23.4. The van der Waals surface area contributed by atoms with E-state index >= 15 is 0 Å². The molecule has 0 bridgehead atoms. The molecule has 1 spiro atoms. The van der Waals surface area contributed by atoms with Crippen LogP contribution in [0.1, 0.15) is 67.8 Å². The van der Waals surface area contributed by atoms with Gasteiger partial charge < -0.3 is 5.73 Å². The Morgan fingerprint density at radius 3 is 2.62 bits per heavy atom. The summed E-state index contributed by atoms with van der Waals surface area (Å²) in [5.74, 6) is 1.08. The zero-order valence-electron chi connectivity index (χ0n) is 19.2. The van der Waals surface area contributed by atoms with E-state index in [2.05, 4.69) is 32.7 Å². The van der Waals surface area contributed by atoms with Crippen LogP contribution in [0.25, 0.3) is 16.6 Å². The van der Waals surface area contributed by atoms with Gasteiger partial charge in [0.1, 0.15) is 5.82 Å². The first-order valence-electron chi connectivity index (χ1n) is 12.4. The van der Waals surface area contributed by atoms with E-state index < -0.39 is 0 Å². The minimum atomic E-state index is -0.261. The molecule has 2 N–H and O–H groups in total. The SMILES string of the molecule is NC(=O)CN1CCC(c2ccc3c(c2)C2(CCCCC2)c2nc(=O)c4c(Cl)cccc4n2-3)CC1. The molecule has 0 radical (unpaired) electrons. The average molecular weight is 477 g/mol. The van der Waals surface area contributed by atoms with Crippen molar-refractivity contribution < 1.29 is 4.79 Å². The number of likely N-dealkylation sites (tertiary alicyclic amines) is 1. The van der Waals surface area contributed by atoms with Crippen molar-refractivity contribution in [2.75, 3.05) is 19.6 Å². The van der Waals surface area contributed by atoms with E-state index in [4.69, 9.17) is 17.3 Å². The van der Waals surface area contributed by atoms with Gasteiger partial charge >= 0.3 is 0 Å². The van der Waals surface area contributed by atoms with Crippen LogP contribution in [0.4, 0.5) is 0 Å². The fourth-order valence-corrected chi connectivity index (χ4v) is 6.84. The molecule has 1 aromatic heterocycles. The van der Waals surface area contributed by atoms with Crippen LogP contribution in [0.5, 0.6) is 0 Å². The van der Waals surface area contributed by atoms with Crippen molar-refractivity contribution in [3.8, 4) is 5.69 Å². The van der Waals surface area contributed by atoms with Crippen molar-refractivity contribution >= 4 is 28.4 Å². The summed E-state index contributed by atoms with van der Waals surface area (Å²) in [6, 6.07) is 12.5. The van der Waals surface area contributed by atoms with Crippen molar-refractivity contribution in [1.82, 2.24) is 14.5 Å². The van der Waals surface area contributed by atoms with Gasteiger partial charge in [0.2, 0.25) is 5.91 Å². The van der Waals surface area contributed by atoms with Gasteiger partial charge in [-0.05, 0) is 74.0 Å². The maximum atomic E-state index is 13.1. The number of hydrogen-bond acceptors (Lipinski definition) is 4. The van der Waals surface area contributed by atoms with E-state index in [0.29, 0.717) is 22.9 Å². The first-order valence-corrected chi connectivity index (χ1v) is 12.7. The lowest BCUT2D eigenvalue weighted by Crippen LogP contribution is -2.39. The van der Waals surface area contributed by atoms with Gasteiger partial charge in [-0.2, -0.15) is 4.98 Å². The predicted molar refractivity (Wildman–Crippen MR) is 134 cm³/mol. The number of amides is 1. The minimum Gasteiger partial charge on any atom is -0.369 e. The van der Waals surface area contributed by atoms with Crippen LogP contribution >= 0.6 is 11.6 Å². The van der Waals surface area contributed by atoms with Crippen LogP contribution < -0.4 is 11.3 Å². The number of carbonyl (C=O) groups excluding carboxylic acids is 1. The molecule has 1 saturated heterocycles. The van der Waals surface area contributed by atoms with Crippen molar-refractivity contribution in [3.63, 3.8) is 0 Å². The highest BCUT2D eigenvalue weighted by Crippen LogP contribution is 2.52. The van der Waals surface area contributed by atoms with Crippen LogP contribution in [0.3, 0.4) is 0 Å². The second-order valence-electron chi connectivity index (χ2n) is 10.1. The van der Waals surface area contributed by atoms with E-state index in [1.807, 2.05) is 12.1 Å². The number of nitrogens with two attached hydrogens (primary N) is 1. The van der Waals surface area contributed by atoms with Crippen LogP contribution in [-0.4, -0.2) is 40.0 Å². The van der Waals surface area contributed by atoms with Crippen molar-refractivity contribution in [1.29, 1.82) is 0 Å². The second-order valence-corrected chi connectivity index (χ2v) is 10.6. The Balaban J connectivity index is 1.47. The summed E-state index contributed by atoms with van der Waals surface area (Å²) in [6.07, 6.45) is 7.55. The first-order chi connectivity index (χ1) is 16.5. The summed E-state index contributed by atoms with van der Waals surface area (Å²) in [6.45, 7) is 2.11. The molecule has 0 unspecified atom stereocenters. The Morgan fingerprint density at radius 1 is 1.12 bits per heavy atom. The summed E-state index contributed by atoms with van der Waals surface area (Å²) >= 11 is 6.45. The molecule has 1 aliphatic carbocycles. The van der Waals surface area contributed by atoms with Crippen LogP contribution in [0, 0.1) is 0 Å². The van der Waals surface area contributed by atoms with Gasteiger partial charge in [-0.15, -0.1) is 0 Å². The van der Waals surface area contributed by atoms with Gasteiger partial charge in [0.05, 0.1) is 33.6 Å². The highest BCUT2D eigenvalue weighted by atomic mass is 35.5. The fourth-order valence-electron chi connectivity index (χ4n) is 6.59. The molecular formula is C27H29ClN4O2. The van der Waals surface area contributed by atoms with Crippen molar-refractivity contribution in [2.24, 2.45) is 5.73 Å². The molecule has 2 aromatic carbocycles. The third-order valence-corrected chi connectivity index (χ3v) is 8.53. The number of nitrogens with zero attached hydrogens (tertiary/aromatic N) is 3. The van der Waals surface area contributed by atoms with Gasteiger partial charge in [-0.25, -0.2) is 0 Å². The number of benzene rings is 2. The standard InChI is InChI=1S/C27H29ClN4O2/c28-20-5-4-6-22-24(20)25(34)30-26-27(11-2-1-3-12-27)19-15-18(7-8-21(19)32(22)26)17-9-13-31(14-10-17)16-23(29)33/h4-8,15,17H,1-3,9-14,16H2,(H2,29,33). The lowest BCUT2D eigenvalue weighted by molar-refractivity contribution is -0.119. The smallest absolute Gasteiger partial charge is 0.282 e. The molecule has 3 aliphatic rings. The normalized spacial score (nSPS) is 19.9. The Bertz CT molecular complexity index is 1350. The van der Waals surface area contributed by atoms with Gasteiger partial charge in [-0.1, -0.05) is 49.1 Å². The average Bonchev–Trinajstić information content (AvgIpc) is 3.08. The molecule has 3 aromatic rings. The number of primary amides is 1. The van der Waals surface area contributed by atoms with E-state index in [1.54, 1.807) is 6.07 Å². The number of hydrogen-bond donors (Lipinski definition) is 1. The van der Waals surface area contributed by atoms with Gasteiger partial charge in [0.25, 0.3) is 5.56 Å². The molecule has 1 amide bonds. The summed E-state index contributed by atoms with van der Waals surface area (Å²) in [5.41, 5.74) is 9.58. The van der Waals surface area contributed by atoms with E-state index in [-0.39, 0.29) is 16.9 Å². The summed E-state index contributed by atoms with van der Waals surface area (Å²) in [5, 5.41) is 0.952. The fraction of sp³-hybridized carbons (Fsp3) is 0.444. The number of carbonyl (C=O) groups is 1. The lowest BCUT2D eigenvalue weighted by atomic mass is 9.69. The Kier molecular flexibility index (Phi) is 5.26. The first kappa shape index (κ1) is 21.8. The van der Waals surface area contributed by atoms with Gasteiger partial charge in [-0.3, -0.25) is 19.1 Å². The number of piperidine rings is 1. The molecule has 2 aliphatic heterocycles. The predicted octanol–water partition coefficient (Wildman–Crippen LogP) is 4.27. The number of rotatable bonds is 3. The lowest BCUT2D eigenvalue weighted by Gasteiger charge is -2.35. The number of aromatic nitrogens is 2. The quantitative estimate of drug-likeness (QED) is 0.612. The summed E-state index contributed by atoms with van der Waals surface area (Å²) < 4.78 is 2.20. The zero-order valence-corrected chi connectivity index (χ0v) is 20.0. The van der Waals surface area contributed by atoms with E-state index in [0.717, 1.165) is 68.6 Å². The number of halogens is 1. The van der Waals surface area contributed by atoms with Gasteiger partial charge in [0.15, 0.2) is 0 Å². The van der Waals surface area contributed by atoms with Crippen molar-refractivity contribution in [3.05, 3.63) is 68.7 Å². The Hall–Kier alpha value is -2.70. The molecule has 6 nitrogen and oxygen atoms in total. The maximum absolute atomic E-state index is 13.1. The van der Waals surface area contributed by atoms with Crippen LogP contribution in [-0.2, 0) is 10.2 Å². The molecular weight excluding hydrogens is 448 g/mol. The maximum Gasteiger partial charge on any atom is 0.282 e. The third-order valence-electron chi connectivity index (χ3n) is 8.22.